The molecule has 7 nitrogen and oxygen atoms in total. The highest BCUT2D eigenvalue weighted by molar-refractivity contribution is 7.89. The molecule has 0 aliphatic heterocycles. The second-order valence-corrected chi connectivity index (χ2v) is 8.87. The molecule has 1 N–H and O–H groups in total. The molecular formula is C22H28N2O5S. The summed E-state index contributed by atoms with van der Waals surface area (Å²) in [5.41, 5.74) is 3.10. The van der Waals surface area contributed by atoms with E-state index in [1.54, 1.807) is 26.8 Å². The molecule has 0 fully saturated rings. The van der Waals surface area contributed by atoms with Crippen LogP contribution in [0.1, 0.15) is 40.9 Å². The van der Waals surface area contributed by atoms with Gasteiger partial charge in [0.05, 0.1) is 10.5 Å². The molecule has 0 saturated heterocycles. The van der Waals surface area contributed by atoms with Crippen LogP contribution in [0.3, 0.4) is 0 Å². The van der Waals surface area contributed by atoms with E-state index in [0.29, 0.717) is 24.3 Å². The first-order chi connectivity index (χ1) is 14.1. The highest BCUT2D eigenvalue weighted by Crippen LogP contribution is 2.22. The van der Waals surface area contributed by atoms with E-state index < -0.39 is 28.5 Å². The number of esters is 1. The van der Waals surface area contributed by atoms with Crippen molar-refractivity contribution in [3.8, 4) is 0 Å². The van der Waals surface area contributed by atoms with Gasteiger partial charge < -0.3 is 10.1 Å². The molecule has 0 aromatic heterocycles. The Balaban J connectivity index is 2.13. The molecule has 0 bridgehead atoms. The van der Waals surface area contributed by atoms with Crippen LogP contribution in [0.4, 0.5) is 5.69 Å². The Kier molecular flexibility index (Phi) is 7.75. The normalized spacial score (nSPS) is 11.4. The van der Waals surface area contributed by atoms with E-state index in [-0.39, 0.29) is 10.5 Å². The second-order valence-electron chi connectivity index (χ2n) is 6.96. The molecule has 2 aromatic rings. The zero-order valence-electron chi connectivity index (χ0n) is 18.0. The standard InChI is InChI=1S/C22H28N2O5S/c1-6-24(7-2)30(27,28)19-13-18(12-11-15(19)3)22(26)29-14-20(25)23-21-16(4)9-8-10-17(21)5/h8-13H,6-7,14H2,1-5H3,(H,23,25). The Hall–Kier alpha value is -2.71. The minimum Gasteiger partial charge on any atom is -0.452 e. The summed E-state index contributed by atoms with van der Waals surface area (Å²) < 4.78 is 32.1. The summed E-state index contributed by atoms with van der Waals surface area (Å²) in [4.78, 5) is 24.7. The predicted octanol–water partition coefficient (Wildman–Crippen LogP) is 3.44. The molecule has 0 radical (unpaired) electrons. The van der Waals surface area contributed by atoms with Gasteiger partial charge in [0.25, 0.3) is 5.91 Å². The van der Waals surface area contributed by atoms with Crippen LogP contribution >= 0.6 is 0 Å². The highest BCUT2D eigenvalue weighted by atomic mass is 32.2. The first kappa shape index (κ1) is 23.6. The number of aryl methyl sites for hydroxylation is 3. The van der Waals surface area contributed by atoms with Crippen LogP contribution in [-0.4, -0.2) is 44.3 Å². The van der Waals surface area contributed by atoms with Gasteiger partial charge in [0, 0.05) is 18.8 Å². The maximum Gasteiger partial charge on any atom is 0.338 e. The third kappa shape index (κ3) is 5.25. The molecule has 0 unspecified atom stereocenters. The van der Waals surface area contributed by atoms with Gasteiger partial charge in [0.1, 0.15) is 0 Å². The minimum absolute atomic E-state index is 0.0561. The Labute approximate surface area is 178 Å². The van der Waals surface area contributed by atoms with Crippen molar-refractivity contribution < 1.29 is 22.7 Å². The fourth-order valence-corrected chi connectivity index (χ4v) is 4.82. The van der Waals surface area contributed by atoms with E-state index in [1.807, 2.05) is 32.0 Å². The number of amides is 1. The van der Waals surface area contributed by atoms with Crippen molar-refractivity contribution in [2.24, 2.45) is 0 Å². The summed E-state index contributed by atoms with van der Waals surface area (Å²) in [6, 6.07) is 9.99. The van der Waals surface area contributed by atoms with Gasteiger partial charge in [-0.3, -0.25) is 4.79 Å². The molecule has 0 heterocycles. The Morgan fingerprint density at radius 3 is 2.13 bits per heavy atom. The number of nitrogens with zero attached hydrogens (tertiary/aromatic N) is 1. The largest absolute Gasteiger partial charge is 0.452 e. The number of nitrogens with one attached hydrogen (secondary N) is 1. The van der Waals surface area contributed by atoms with Crippen LogP contribution in [-0.2, 0) is 19.6 Å². The van der Waals surface area contributed by atoms with Crippen LogP contribution in [0.2, 0.25) is 0 Å². The van der Waals surface area contributed by atoms with Gasteiger partial charge in [-0.05, 0) is 49.6 Å². The van der Waals surface area contributed by atoms with Crippen LogP contribution < -0.4 is 5.32 Å². The quantitative estimate of drug-likeness (QED) is 0.645. The lowest BCUT2D eigenvalue weighted by atomic mass is 10.1. The van der Waals surface area contributed by atoms with Crippen LogP contribution in [0.15, 0.2) is 41.3 Å². The Morgan fingerprint density at radius 2 is 1.57 bits per heavy atom. The van der Waals surface area contributed by atoms with Gasteiger partial charge in [0.2, 0.25) is 10.0 Å². The van der Waals surface area contributed by atoms with Crippen LogP contribution in [0, 0.1) is 20.8 Å². The predicted molar refractivity (Wildman–Crippen MR) is 116 cm³/mol. The zero-order valence-corrected chi connectivity index (χ0v) is 18.8. The van der Waals surface area contributed by atoms with Gasteiger partial charge >= 0.3 is 5.97 Å². The van der Waals surface area contributed by atoms with Crippen molar-refractivity contribution in [1.82, 2.24) is 4.31 Å². The lowest BCUT2D eigenvalue weighted by molar-refractivity contribution is -0.119. The lowest BCUT2D eigenvalue weighted by Gasteiger charge is -2.20. The van der Waals surface area contributed by atoms with E-state index in [1.165, 1.54) is 16.4 Å². The van der Waals surface area contributed by atoms with E-state index >= 15 is 0 Å². The third-order valence-electron chi connectivity index (χ3n) is 4.83. The summed E-state index contributed by atoms with van der Waals surface area (Å²) in [6.07, 6.45) is 0. The van der Waals surface area contributed by atoms with Crippen LogP contribution in [0.5, 0.6) is 0 Å². The molecule has 30 heavy (non-hydrogen) atoms. The average Bonchev–Trinajstić information content (AvgIpc) is 2.70. The summed E-state index contributed by atoms with van der Waals surface area (Å²) in [7, 11) is -3.72. The van der Waals surface area contributed by atoms with E-state index in [0.717, 1.165) is 11.1 Å². The van der Waals surface area contributed by atoms with Gasteiger partial charge in [-0.2, -0.15) is 4.31 Å². The number of ether oxygens (including phenoxy) is 1. The van der Waals surface area contributed by atoms with E-state index in [2.05, 4.69) is 5.32 Å². The molecule has 0 atom stereocenters. The van der Waals surface area contributed by atoms with E-state index in [9.17, 15) is 18.0 Å². The minimum atomic E-state index is -3.72. The number of carbonyl (C=O) groups is 2. The smallest absolute Gasteiger partial charge is 0.338 e. The SMILES string of the molecule is CCN(CC)S(=O)(=O)c1cc(C(=O)OCC(=O)Nc2c(C)cccc2C)ccc1C. The van der Waals surface area contributed by atoms with Gasteiger partial charge in [0.15, 0.2) is 6.61 Å². The van der Waals surface area contributed by atoms with Crippen molar-refractivity contribution in [3.05, 3.63) is 58.7 Å². The molecular weight excluding hydrogens is 404 g/mol. The van der Waals surface area contributed by atoms with Gasteiger partial charge in [-0.1, -0.05) is 38.1 Å². The number of benzene rings is 2. The number of carbonyl (C=O) groups excluding carboxylic acids is 2. The van der Waals surface area contributed by atoms with Crippen molar-refractivity contribution in [2.75, 3.05) is 25.0 Å². The monoisotopic (exact) mass is 432 g/mol. The molecule has 0 spiro atoms. The third-order valence-corrected chi connectivity index (χ3v) is 7.02. The highest BCUT2D eigenvalue weighted by Gasteiger charge is 2.25. The summed E-state index contributed by atoms with van der Waals surface area (Å²) in [6.45, 7) is 9.10. The molecule has 0 saturated carbocycles. The first-order valence-corrected chi connectivity index (χ1v) is 11.2. The fourth-order valence-electron chi connectivity index (χ4n) is 3.11. The molecule has 1 amide bonds. The lowest BCUT2D eigenvalue weighted by Crippen LogP contribution is -2.31. The number of sulfonamides is 1. The number of hydrogen-bond donors (Lipinski definition) is 1. The number of rotatable bonds is 8. The van der Waals surface area contributed by atoms with Crippen molar-refractivity contribution in [3.63, 3.8) is 0 Å². The van der Waals surface area contributed by atoms with Crippen molar-refractivity contribution in [2.45, 2.75) is 39.5 Å². The van der Waals surface area contributed by atoms with E-state index in [4.69, 9.17) is 4.74 Å². The van der Waals surface area contributed by atoms with Crippen LogP contribution in [0.25, 0.3) is 0 Å². The van der Waals surface area contributed by atoms with Gasteiger partial charge in [-0.15, -0.1) is 0 Å². The number of para-hydroxylation sites is 1. The Morgan fingerprint density at radius 1 is 0.967 bits per heavy atom. The number of hydrogen-bond acceptors (Lipinski definition) is 5. The molecule has 8 heteroatoms. The zero-order chi connectivity index (χ0) is 22.5. The second kappa shape index (κ2) is 9.86. The number of anilines is 1. The summed E-state index contributed by atoms with van der Waals surface area (Å²) >= 11 is 0. The Bertz CT molecular complexity index is 1020. The van der Waals surface area contributed by atoms with Gasteiger partial charge in [-0.25, -0.2) is 13.2 Å². The summed E-state index contributed by atoms with van der Waals surface area (Å²) in [5, 5.41) is 2.74. The maximum atomic E-state index is 12.8. The van der Waals surface area contributed by atoms with Crippen molar-refractivity contribution >= 4 is 27.6 Å². The molecule has 2 rings (SSSR count). The fraction of sp³-hybridized carbons (Fsp3) is 0.364. The molecule has 0 aliphatic carbocycles. The maximum absolute atomic E-state index is 12.8. The molecule has 2 aromatic carbocycles. The first-order valence-electron chi connectivity index (χ1n) is 9.75. The molecule has 162 valence electrons. The topological polar surface area (TPSA) is 92.8 Å². The summed E-state index contributed by atoms with van der Waals surface area (Å²) in [5.74, 6) is -1.23. The van der Waals surface area contributed by atoms with Crippen molar-refractivity contribution in [1.29, 1.82) is 0 Å². The average molecular weight is 433 g/mol. The molecule has 0 aliphatic rings.